The molecule has 0 aliphatic heterocycles. The number of aryl methyl sites for hydroxylation is 1. The molecule has 0 aliphatic carbocycles. The molecule has 1 aromatic carbocycles. The van der Waals surface area contributed by atoms with E-state index >= 15 is 0 Å². The molecule has 21 heavy (non-hydrogen) atoms. The maximum Gasteiger partial charge on any atom is 0.138 e. The standard InChI is InChI=1S/C17H21ClN2O/c1-3-8-19-10-15-6-7-16(11-20-15)21-12-14-5-4-13(2)9-17(14)18/h4-7,9,11,19H,3,8,10,12H2,1-2H3. The fourth-order valence-electron chi connectivity index (χ4n) is 1.92. The molecule has 0 amide bonds. The quantitative estimate of drug-likeness (QED) is 0.781. The first kappa shape index (κ1) is 15.8. The van der Waals surface area contributed by atoms with E-state index < -0.39 is 0 Å². The molecule has 0 saturated heterocycles. The average molecular weight is 305 g/mol. The van der Waals surface area contributed by atoms with E-state index in [0.717, 1.165) is 47.1 Å². The summed E-state index contributed by atoms with van der Waals surface area (Å²) < 4.78 is 5.73. The summed E-state index contributed by atoms with van der Waals surface area (Å²) in [5.41, 5.74) is 3.15. The highest BCUT2D eigenvalue weighted by Crippen LogP contribution is 2.20. The van der Waals surface area contributed by atoms with Crippen molar-refractivity contribution in [1.82, 2.24) is 10.3 Å². The highest BCUT2D eigenvalue weighted by molar-refractivity contribution is 6.31. The first-order valence-electron chi connectivity index (χ1n) is 7.22. The minimum atomic E-state index is 0.453. The zero-order valence-corrected chi connectivity index (χ0v) is 13.3. The Kier molecular flexibility index (Phi) is 6.03. The van der Waals surface area contributed by atoms with Crippen molar-refractivity contribution >= 4 is 11.6 Å². The van der Waals surface area contributed by atoms with Crippen LogP contribution in [0.5, 0.6) is 5.75 Å². The Morgan fingerprint density at radius 1 is 1.24 bits per heavy atom. The Morgan fingerprint density at radius 2 is 2.10 bits per heavy atom. The third kappa shape index (κ3) is 5.03. The number of aromatic nitrogens is 1. The molecule has 1 heterocycles. The van der Waals surface area contributed by atoms with Gasteiger partial charge in [-0.15, -0.1) is 0 Å². The van der Waals surface area contributed by atoms with Crippen LogP contribution in [0.15, 0.2) is 36.5 Å². The maximum atomic E-state index is 6.19. The lowest BCUT2D eigenvalue weighted by molar-refractivity contribution is 0.305. The van der Waals surface area contributed by atoms with Gasteiger partial charge in [0, 0.05) is 17.1 Å². The number of hydrogen-bond acceptors (Lipinski definition) is 3. The Labute approximate surface area is 131 Å². The lowest BCUT2D eigenvalue weighted by Gasteiger charge is -2.09. The third-order valence-corrected chi connectivity index (χ3v) is 3.49. The van der Waals surface area contributed by atoms with Gasteiger partial charge in [-0.2, -0.15) is 0 Å². The third-order valence-electron chi connectivity index (χ3n) is 3.13. The number of hydrogen-bond donors (Lipinski definition) is 1. The van der Waals surface area contributed by atoms with Gasteiger partial charge in [0.05, 0.1) is 11.9 Å². The van der Waals surface area contributed by atoms with Crippen molar-refractivity contribution < 1.29 is 4.74 Å². The Balaban J connectivity index is 1.88. The van der Waals surface area contributed by atoms with Crippen molar-refractivity contribution in [3.63, 3.8) is 0 Å². The van der Waals surface area contributed by atoms with E-state index in [1.165, 1.54) is 0 Å². The van der Waals surface area contributed by atoms with Gasteiger partial charge in [-0.1, -0.05) is 30.7 Å². The number of pyridine rings is 1. The molecule has 3 nitrogen and oxygen atoms in total. The van der Waals surface area contributed by atoms with Crippen molar-refractivity contribution in [2.45, 2.75) is 33.4 Å². The molecule has 0 spiro atoms. The number of nitrogens with one attached hydrogen (secondary N) is 1. The molecule has 4 heteroatoms. The number of halogens is 1. The normalized spacial score (nSPS) is 10.6. The monoisotopic (exact) mass is 304 g/mol. The predicted molar refractivity (Wildman–Crippen MR) is 86.8 cm³/mol. The fourth-order valence-corrected chi connectivity index (χ4v) is 2.21. The highest BCUT2D eigenvalue weighted by atomic mass is 35.5. The summed E-state index contributed by atoms with van der Waals surface area (Å²) in [6, 6.07) is 9.90. The van der Waals surface area contributed by atoms with E-state index in [1.54, 1.807) is 6.20 Å². The van der Waals surface area contributed by atoms with Crippen LogP contribution in [-0.2, 0) is 13.2 Å². The molecule has 0 radical (unpaired) electrons. The second-order valence-electron chi connectivity index (χ2n) is 5.05. The van der Waals surface area contributed by atoms with Gasteiger partial charge in [-0.05, 0) is 43.7 Å². The Bertz CT molecular complexity index is 570. The van der Waals surface area contributed by atoms with E-state index in [4.69, 9.17) is 16.3 Å². The summed E-state index contributed by atoms with van der Waals surface area (Å²) in [5, 5.41) is 4.06. The molecule has 112 valence electrons. The average Bonchev–Trinajstić information content (AvgIpc) is 2.48. The summed E-state index contributed by atoms with van der Waals surface area (Å²) in [6.45, 7) is 6.41. The molecule has 2 rings (SSSR count). The van der Waals surface area contributed by atoms with Crippen LogP contribution in [0.1, 0.15) is 30.2 Å². The Morgan fingerprint density at radius 3 is 2.76 bits per heavy atom. The number of ether oxygens (including phenoxy) is 1. The molecule has 0 atom stereocenters. The lowest BCUT2D eigenvalue weighted by Crippen LogP contribution is -2.14. The van der Waals surface area contributed by atoms with Crippen molar-refractivity contribution in [3.05, 3.63) is 58.4 Å². The molecule has 0 aliphatic rings. The van der Waals surface area contributed by atoms with Crippen LogP contribution in [0.25, 0.3) is 0 Å². The molecule has 0 fully saturated rings. The zero-order chi connectivity index (χ0) is 15.1. The molecular weight excluding hydrogens is 284 g/mol. The zero-order valence-electron chi connectivity index (χ0n) is 12.5. The minimum Gasteiger partial charge on any atom is -0.487 e. The maximum absolute atomic E-state index is 6.19. The van der Waals surface area contributed by atoms with Gasteiger partial charge in [0.2, 0.25) is 0 Å². The lowest BCUT2D eigenvalue weighted by atomic mass is 10.2. The summed E-state index contributed by atoms with van der Waals surface area (Å²) in [7, 11) is 0. The van der Waals surface area contributed by atoms with Crippen LogP contribution in [-0.4, -0.2) is 11.5 Å². The van der Waals surface area contributed by atoms with E-state index in [2.05, 4.69) is 17.2 Å². The smallest absolute Gasteiger partial charge is 0.138 e. The Hall–Kier alpha value is -1.58. The molecular formula is C17H21ClN2O. The SMILES string of the molecule is CCCNCc1ccc(OCc2ccc(C)cc2Cl)cn1. The van der Waals surface area contributed by atoms with Gasteiger partial charge in [0.25, 0.3) is 0 Å². The number of nitrogens with zero attached hydrogens (tertiary/aromatic N) is 1. The van der Waals surface area contributed by atoms with Gasteiger partial charge < -0.3 is 10.1 Å². The van der Waals surface area contributed by atoms with Crippen LogP contribution in [0.3, 0.4) is 0 Å². The van der Waals surface area contributed by atoms with Gasteiger partial charge in [0.1, 0.15) is 12.4 Å². The molecule has 1 N–H and O–H groups in total. The second kappa shape index (κ2) is 8.01. The van der Waals surface area contributed by atoms with Crippen molar-refractivity contribution in [2.24, 2.45) is 0 Å². The van der Waals surface area contributed by atoms with E-state index in [9.17, 15) is 0 Å². The molecule has 0 saturated carbocycles. The summed E-state index contributed by atoms with van der Waals surface area (Å²) in [6.07, 6.45) is 2.88. The summed E-state index contributed by atoms with van der Waals surface area (Å²) in [4.78, 5) is 4.38. The second-order valence-corrected chi connectivity index (χ2v) is 5.45. The van der Waals surface area contributed by atoms with E-state index in [1.807, 2.05) is 37.3 Å². The van der Waals surface area contributed by atoms with Crippen LogP contribution in [0, 0.1) is 6.92 Å². The van der Waals surface area contributed by atoms with Crippen LogP contribution in [0.2, 0.25) is 5.02 Å². The van der Waals surface area contributed by atoms with Crippen LogP contribution < -0.4 is 10.1 Å². The predicted octanol–water partition coefficient (Wildman–Crippen LogP) is 4.12. The minimum absolute atomic E-state index is 0.453. The fraction of sp³-hybridized carbons (Fsp3) is 0.353. The first-order chi connectivity index (χ1) is 10.2. The molecule has 0 unspecified atom stereocenters. The highest BCUT2D eigenvalue weighted by Gasteiger charge is 2.02. The van der Waals surface area contributed by atoms with Crippen LogP contribution in [0.4, 0.5) is 0 Å². The largest absolute Gasteiger partial charge is 0.487 e. The first-order valence-corrected chi connectivity index (χ1v) is 7.60. The molecule has 1 aromatic heterocycles. The van der Waals surface area contributed by atoms with Gasteiger partial charge >= 0.3 is 0 Å². The van der Waals surface area contributed by atoms with Gasteiger partial charge in [-0.25, -0.2) is 0 Å². The molecule has 2 aromatic rings. The van der Waals surface area contributed by atoms with Gasteiger partial charge in [0.15, 0.2) is 0 Å². The van der Waals surface area contributed by atoms with E-state index in [-0.39, 0.29) is 0 Å². The van der Waals surface area contributed by atoms with Crippen molar-refractivity contribution in [3.8, 4) is 5.75 Å². The summed E-state index contributed by atoms with van der Waals surface area (Å²) >= 11 is 6.19. The topological polar surface area (TPSA) is 34.1 Å². The number of benzene rings is 1. The van der Waals surface area contributed by atoms with Crippen molar-refractivity contribution in [2.75, 3.05) is 6.54 Å². The number of rotatable bonds is 7. The molecule has 0 bridgehead atoms. The van der Waals surface area contributed by atoms with Gasteiger partial charge in [-0.3, -0.25) is 4.98 Å². The van der Waals surface area contributed by atoms with E-state index in [0.29, 0.717) is 6.61 Å². The summed E-state index contributed by atoms with van der Waals surface area (Å²) in [5.74, 6) is 0.755. The van der Waals surface area contributed by atoms with Crippen LogP contribution >= 0.6 is 11.6 Å². The van der Waals surface area contributed by atoms with Crippen molar-refractivity contribution in [1.29, 1.82) is 0 Å².